The summed E-state index contributed by atoms with van der Waals surface area (Å²) < 4.78 is 6.87. The molecule has 2 N–H and O–H groups in total. The first kappa shape index (κ1) is 15.5. The van der Waals surface area contributed by atoms with E-state index in [4.69, 9.17) is 9.63 Å². The molecular weight excluding hydrogens is 296 g/mol. The van der Waals surface area contributed by atoms with E-state index >= 15 is 0 Å². The zero-order chi connectivity index (χ0) is 15.6. The van der Waals surface area contributed by atoms with E-state index in [1.165, 1.54) is 0 Å². The van der Waals surface area contributed by atoms with Crippen molar-refractivity contribution in [1.29, 1.82) is 0 Å². The number of aliphatic hydroxyl groups is 1. The lowest BCUT2D eigenvalue weighted by molar-refractivity contribution is -0.133. The number of carboxylic acid groups (broad SMARTS) is 1. The molecule has 2 rings (SSSR count). The molecule has 0 aromatic carbocycles. The number of rotatable bonds is 6. The summed E-state index contributed by atoms with van der Waals surface area (Å²) in [4.78, 5) is 10.7. The first-order chi connectivity index (χ1) is 9.95. The van der Waals surface area contributed by atoms with Crippen LogP contribution in [-0.2, 0) is 11.4 Å². The maximum atomic E-state index is 10.7. The molecule has 0 fully saturated rings. The molecule has 0 spiro atoms. The molecule has 1 unspecified atom stereocenters. The first-order valence-corrected chi connectivity index (χ1v) is 7.26. The van der Waals surface area contributed by atoms with Crippen LogP contribution in [0.5, 0.6) is 0 Å². The van der Waals surface area contributed by atoms with E-state index in [0.29, 0.717) is 16.7 Å². The van der Waals surface area contributed by atoms with Crippen LogP contribution in [0, 0.1) is 13.8 Å². The Hall–Kier alpha value is -1.87. The van der Waals surface area contributed by atoms with E-state index in [1.807, 2.05) is 13.8 Å². The van der Waals surface area contributed by atoms with Gasteiger partial charge in [0.1, 0.15) is 12.4 Å². The van der Waals surface area contributed by atoms with Crippen molar-refractivity contribution in [3.63, 3.8) is 0 Å². The van der Waals surface area contributed by atoms with Gasteiger partial charge in [-0.05, 0) is 20.8 Å². The molecule has 0 radical (unpaired) electrons. The Morgan fingerprint density at radius 3 is 2.67 bits per heavy atom. The Bertz CT molecular complexity index is 632. The number of thioether (sulfide) groups is 1. The van der Waals surface area contributed by atoms with Crippen molar-refractivity contribution in [1.82, 2.24) is 19.9 Å². The number of aromatic nitrogens is 4. The highest BCUT2D eigenvalue weighted by Crippen LogP contribution is 2.29. The maximum absolute atomic E-state index is 10.7. The van der Waals surface area contributed by atoms with Crippen LogP contribution in [0.2, 0.25) is 0 Å². The molecule has 0 aliphatic carbocycles. The third kappa shape index (κ3) is 3.08. The number of carboxylic acids is 1. The van der Waals surface area contributed by atoms with Crippen LogP contribution < -0.4 is 0 Å². The van der Waals surface area contributed by atoms with Gasteiger partial charge in [-0.15, -0.1) is 10.2 Å². The lowest BCUT2D eigenvalue weighted by Gasteiger charge is -2.17. The third-order valence-electron chi connectivity index (χ3n) is 3.09. The van der Waals surface area contributed by atoms with Gasteiger partial charge in [0.25, 0.3) is 0 Å². The Morgan fingerprint density at radius 1 is 1.43 bits per heavy atom. The zero-order valence-corrected chi connectivity index (χ0v) is 12.7. The summed E-state index contributed by atoms with van der Waals surface area (Å²) in [7, 11) is 0. The number of aliphatic carboxylic acids is 1. The fourth-order valence-corrected chi connectivity index (χ4v) is 3.00. The zero-order valence-electron chi connectivity index (χ0n) is 11.9. The average molecular weight is 312 g/mol. The van der Waals surface area contributed by atoms with Gasteiger partial charge in [-0.1, -0.05) is 16.9 Å². The molecule has 0 saturated carbocycles. The van der Waals surface area contributed by atoms with E-state index < -0.39 is 5.97 Å². The predicted octanol–water partition coefficient (Wildman–Crippen LogP) is 1.16. The minimum absolute atomic E-state index is 0.127. The van der Waals surface area contributed by atoms with Gasteiger partial charge < -0.3 is 14.7 Å². The second-order valence-electron chi connectivity index (χ2n) is 4.52. The normalized spacial score (nSPS) is 12.6. The molecule has 8 nitrogen and oxygen atoms in total. The Morgan fingerprint density at radius 2 is 2.14 bits per heavy atom. The Labute approximate surface area is 125 Å². The van der Waals surface area contributed by atoms with Gasteiger partial charge in [0.2, 0.25) is 0 Å². The summed E-state index contributed by atoms with van der Waals surface area (Å²) >= 11 is 1.06. The van der Waals surface area contributed by atoms with Gasteiger partial charge >= 0.3 is 5.97 Å². The van der Waals surface area contributed by atoms with E-state index in [1.54, 1.807) is 11.5 Å². The molecule has 0 amide bonds. The van der Waals surface area contributed by atoms with Gasteiger partial charge in [0, 0.05) is 5.56 Å². The average Bonchev–Trinajstić information content (AvgIpc) is 2.99. The van der Waals surface area contributed by atoms with Crippen LogP contribution in [0.25, 0.3) is 0 Å². The van der Waals surface area contributed by atoms with Crippen molar-refractivity contribution < 1.29 is 19.5 Å². The van der Waals surface area contributed by atoms with Crippen molar-refractivity contribution in [3.8, 4) is 0 Å². The van der Waals surface area contributed by atoms with Gasteiger partial charge in [-0.25, -0.2) is 0 Å². The minimum atomic E-state index is -0.940. The summed E-state index contributed by atoms with van der Waals surface area (Å²) in [5.74, 6) is -0.0232. The van der Waals surface area contributed by atoms with E-state index in [-0.39, 0.29) is 18.4 Å². The monoisotopic (exact) mass is 312 g/mol. The molecule has 0 saturated heterocycles. The molecule has 0 bridgehead atoms. The van der Waals surface area contributed by atoms with Gasteiger partial charge in [0.15, 0.2) is 11.0 Å². The molecule has 21 heavy (non-hydrogen) atoms. The number of aryl methyl sites for hydroxylation is 2. The largest absolute Gasteiger partial charge is 0.481 e. The fraction of sp³-hybridized carbons (Fsp3) is 0.500. The maximum Gasteiger partial charge on any atom is 0.313 e. The number of carbonyl (C=O) groups is 1. The van der Waals surface area contributed by atoms with E-state index in [9.17, 15) is 9.90 Å². The van der Waals surface area contributed by atoms with E-state index in [2.05, 4.69) is 15.4 Å². The van der Waals surface area contributed by atoms with Crippen molar-refractivity contribution >= 4 is 17.7 Å². The second kappa shape index (κ2) is 6.27. The summed E-state index contributed by atoms with van der Waals surface area (Å²) in [6.07, 6.45) is 0. The quantitative estimate of drug-likeness (QED) is 0.764. The standard InChI is InChI=1S/C12H16N4O4S/c1-6-11(8(3)20-15-6)7(2)16-9(4-17)13-14-12(16)21-5-10(18)19/h7,17H,4-5H2,1-3H3,(H,18,19). The number of hydrogen-bond donors (Lipinski definition) is 2. The molecular formula is C12H16N4O4S. The smallest absolute Gasteiger partial charge is 0.313 e. The molecule has 0 aliphatic heterocycles. The van der Waals surface area contributed by atoms with Crippen LogP contribution in [0.15, 0.2) is 9.68 Å². The highest BCUT2D eigenvalue weighted by molar-refractivity contribution is 7.99. The van der Waals surface area contributed by atoms with Gasteiger partial charge in [-0.2, -0.15) is 0 Å². The molecule has 0 aliphatic rings. The molecule has 2 heterocycles. The lowest BCUT2D eigenvalue weighted by atomic mass is 10.1. The third-order valence-corrected chi connectivity index (χ3v) is 4.02. The highest BCUT2D eigenvalue weighted by Gasteiger charge is 2.24. The van der Waals surface area contributed by atoms with Crippen LogP contribution in [0.3, 0.4) is 0 Å². The summed E-state index contributed by atoms with van der Waals surface area (Å²) in [5.41, 5.74) is 1.62. The highest BCUT2D eigenvalue weighted by atomic mass is 32.2. The molecule has 2 aromatic heterocycles. The molecule has 1 atom stereocenters. The number of aliphatic hydroxyl groups excluding tert-OH is 1. The molecule has 9 heteroatoms. The van der Waals surface area contributed by atoms with Crippen LogP contribution in [-0.4, -0.2) is 41.9 Å². The predicted molar refractivity (Wildman–Crippen MR) is 74.1 cm³/mol. The Kier molecular flexibility index (Phi) is 4.63. The summed E-state index contributed by atoms with van der Waals surface area (Å²) in [5, 5.41) is 30.4. The van der Waals surface area contributed by atoms with Crippen molar-refractivity contribution in [2.24, 2.45) is 0 Å². The minimum Gasteiger partial charge on any atom is -0.481 e. The van der Waals surface area contributed by atoms with Crippen molar-refractivity contribution in [3.05, 3.63) is 22.8 Å². The number of hydrogen-bond acceptors (Lipinski definition) is 7. The number of nitrogens with zero attached hydrogens (tertiary/aromatic N) is 4. The van der Waals surface area contributed by atoms with Crippen LogP contribution in [0.4, 0.5) is 0 Å². The molecule has 114 valence electrons. The fourth-order valence-electron chi connectivity index (χ4n) is 2.24. The van der Waals surface area contributed by atoms with Crippen molar-refractivity contribution in [2.75, 3.05) is 5.75 Å². The second-order valence-corrected chi connectivity index (χ2v) is 5.47. The van der Waals surface area contributed by atoms with Crippen LogP contribution >= 0.6 is 11.8 Å². The van der Waals surface area contributed by atoms with E-state index in [0.717, 1.165) is 23.0 Å². The first-order valence-electron chi connectivity index (χ1n) is 6.27. The topological polar surface area (TPSA) is 114 Å². The Balaban J connectivity index is 2.41. The van der Waals surface area contributed by atoms with Gasteiger partial charge in [0.05, 0.1) is 17.5 Å². The SMILES string of the molecule is Cc1noc(C)c1C(C)n1c(CO)nnc1SCC(=O)O. The van der Waals surface area contributed by atoms with Gasteiger partial charge in [-0.3, -0.25) is 9.36 Å². The summed E-state index contributed by atoms with van der Waals surface area (Å²) in [6, 6.07) is -0.218. The lowest BCUT2D eigenvalue weighted by Crippen LogP contribution is -2.14. The van der Waals surface area contributed by atoms with Crippen LogP contribution in [0.1, 0.15) is 35.8 Å². The summed E-state index contributed by atoms with van der Waals surface area (Å²) in [6.45, 7) is 5.25. The molecule has 2 aromatic rings. The van der Waals surface area contributed by atoms with Crippen molar-refractivity contribution in [2.45, 2.75) is 38.6 Å².